The van der Waals surface area contributed by atoms with Crippen LogP contribution in [0.15, 0.2) is 48.7 Å². The summed E-state index contributed by atoms with van der Waals surface area (Å²) in [5.41, 5.74) is 1.44. The first kappa shape index (κ1) is 16.0. The lowest BCUT2D eigenvalue weighted by molar-refractivity contribution is 0.0952. The van der Waals surface area contributed by atoms with Crippen molar-refractivity contribution in [2.45, 2.75) is 19.3 Å². The minimum atomic E-state index is -0.0294. The number of fused-ring (bicyclic) bond motifs is 3. The van der Waals surface area contributed by atoms with E-state index < -0.39 is 0 Å². The summed E-state index contributed by atoms with van der Waals surface area (Å²) in [4.78, 5) is 17.3. The van der Waals surface area contributed by atoms with Gasteiger partial charge in [0.25, 0.3) is 5.91 Å². The number of nitrogens with one attached hydrogen (secondary N) is 2. The molecule has 1 unspecified atom stereocenters. The molecule has 0 radical (unpaired) electrons. The largest absolute Gasteiger partial charge is 0.352 e. The van der Waals surface area contributed by atoms with Gasteiger partial charge in [-0.3, -0.25) is 9.78 Å². The minimum Gasteiger partial charge on any atom is -0.352 e. The highest BCUT2D eigenvalue weighted by atomic mass is 16.1. The van der Waals surface area contributed by atoms with E-state index in [-0.39, 0.29) is 5.91 Å². The number of nitrogens with zero attached hydrogens (tertiary/aromatic N) is 1. The zero-order chi connectivity index (χ0) is 17.1. The van der Waals surface area contributed by atoms with Crippen LogP contribution in [0.1, 0.15) is 29.6 Å². The number of carbonyl (C=O) groups is 1. The zero-order valence-corrected chi connectivity index (χ0v) is 14.3. The van der Waals surface area contributed by atoms with Crippen LogP contribution in [0.5, 0.6) is 0 Å². The molecule has 0 bridgehead atoms. The molecule has 2 heterocycles. The van der Waals surface area contributed by atoms with E-state index in [9.17, 15) is 4.79 Å². The predicted molar refractivity (Wildman–Crippen MR) is 102 cm³/mol. The molecular weight excluding hydrogens is 310 g/mol. The van der Waals surface area contributed by atoms with Crippen molar-refractivity contribution in [1.82, 2.24) is 15.6 Å². The van der Waals surface area contributed by atoms with Gasteiger partial charge in [0, 0.05) is 18.1 Å². The van der Waals surface area contributed by atoms with Crippen LogP contribution in [-0.4, -0.2) is 30.5 Å². The second-order valence-electron chi connectivity index (χ2n) is 6.80. The number of aromatic nitrogens is 1. The third kappa shape index (κ3) is 3.35. The van der Waals surface area contributed by atoms with Crippen LogP contribution in [0.2, 0.25) is 0 Å². The van der Waals surface area contributed by atoms with Gasteiger partial charge < -0.3 is 10.6 Å². The highest BCUT2D eigenvalue weighted by Crippen LogP contribution is 2.27. The van der Waals surface area contributed by atoms with Crippen molar-refractivity contribution in [2.24, 2.45) is 5.92 Å². The van der Waals surface area contributed by atoms with Crippen LogP contribution < -0.4 is 10.6 Å². The third-order valence-corrected chi connectivity index (χ3v) is 5.10. The van der Waals surface area contributed by atoms with Gasteiger partial charge in [-0.2, -0.15) is 0 Å². The molecule has 2 N–H and O–H groups in total. The van der Waals surface area contributed by atoms with Crippen molar-refractivity contribution in [3.63, 3.8) is 0 Å². The Morgan fingerprint density at radius 3 is 2.96 bits per heavy atom. The summed E-state index contributed by atoms with van der Waals surface area (Å²) >= 11 is 0. The van der Waals surface area contributed by atoms with Gasteiger partial charge in [0.2, 0.25) is 0 Å². The third-order valence-electron chi connectivity index (χ3n) is 5.10. The van der Waals surface area contributed by atoms with Crippen molar-refractivity contribution in [2.75, 3.05) is 19.6 Å². The summed E-state index contributed by atoms with van der Waals surface area (Å²) < 4.78 is 0. The molecule has 0 spiro atoms. The molecule has 1 saturated heterocycles. The van der Waals surface area contributed by atoms with E-state index in [1.54, 1.807) is 6.20 Å². The first-order valence-electron chi connectivity index (χ1n) is 9.08. The maximum Gasteiger partial charge on any atom is 0.253 e. The lowest BCUT2D eigenvalue weighted by Crippen LogP contribution is -2.33. The minimum absolute atomic E-state index is 0.0294. The Balaban J connectivity index is 1.57. The smallest absolute Gasteiger partial charge is 0.253 e. The van der Waals surface area contributed by atoms with Gasteiger partial charge in [0.05, 0.1) is 11.1 Å². The van der Waals surface area contributed by atoms with E-state index in [0.717, 1.165) is 41.2 Å². The second-order valence-corrected chi connectivity index (χ2v) is 6.80. The van der Waals surface area contributed by atoms with Crippen LogP contribution in [0, 0.1) is 5.92 Å². The number of benzene rings is 2. The van der Waals surface area contributed by atoms with Crippen LogP contribution in [0.25, 0.3) is 21.7 Å². The Bertz CT molecular complexity index is 900. The highest BCUT2D eigenvalue weighted by Gasteiger charge is 2.16. The number of pyridine rings is 1. The fraction of sp³-hybridized carbons (Fsp3) is 0.333. The molecule has 1 fully saturated rings. The summed E-state index contributed by atoms with van der Waals surface area (Å²) in [7, 11) is 0. The van der Waals surface area contributed by atoms with E-state index in [1.807, 2.05) is 36.4 Å². The molecule has 2 aromatic carbocycles. The van der Waals surface area contributed by atoms with Crippen molar-refractivity contribution in [3.05, 3.63) is 54.2 Å². The number of amides is 1. The van der Waals surface area contributed by atoms with E-state index in [1.165, 1.54) is 12.8 Å². The number of carbonyl (C=O) groups excluding carboxylic acids is 1. The summed E-state index contributed by atoms with van der Waals surface area (Å²) in [6.45, 7) is 2.90. The summed E-state index contributed by atoms with van der Waals surface area (Å²) in [5.74, 6) is 0.638. The van der Waals surface area contributed by atoms with Crippen LogP contribution in [-0.2, 0) is 0 Å². The molecule has 4 heteroatoms. The molecular formula is C21H23N3O. The maximum atomic E-state index is 12.8. The van der Waals surface area contributed by atoms with Crippen molar-refractivity contribution in [3.8, 4) is 0 Å². The summed E-state index contributed by atoms with van der Waals surface area (Å²) in [5, 5.41) is 9.76. The number of hydrogen-bond acceptors (Lipinski definition) is 3. The first-order chi connectivity index (χ1) is 12.3. The molecule has 0 saturated carbocycles. The van der Waals surface area contributed by atoms with Gasteiger partial charge >= 0.3 is 0 Å². The SMILES string of the molecule is O=C(NCCC1CCCNC1)c1cc2ccccc2c2cccnc12. The lowest BCUT2D eigenvalue weighted by Gasteiger charge is -2.22. The highest BCUT2D eigenvalue weighted by molar-refractivity contribution is 6.15. The maximum absolute atomic E-state index is 12.8. The van der Waals surface area contributed by atoms with Crippen molar-refractivity contribution < 1.29 is 4.79 Å². The Morgan fingerprint density at radius 1 is 1.20 bits per heavy atom. The van der Waals surface area contributed by atoms with Gasteiger partial charge in [0.1, 0.15) is 0 Å². The zero-order valence-electron chi connectivity index (χ0n) is 14.3. The number of rotatable bonds is 4. The van der Waals surface area contributed by atoms with Crippen molar-refractivity contribution in [1.29, 1.82) is 0 Å². The fourth-order valence-electron chi connectivity index (χ4n) is 3.76. The van der Waals surface area contributed by atoms with Gasteiger partial charge in [-0.15, -0.1) is 0 Å². The van der Waals surface area contributed by atoms with E-state index in [0.29, 0.717) is 18.0 Å². The van der Waals surface area contributed by atoms with E-state index in [2.05, 4.69) is 21.7 Å². The molecule has 4 rings (SSSR count). The second kappa shape index (κ2) is 7.19. The molecule has 1 aliphatic rings. The number of piperidine rings is 1. The van der Waals surface area contributed by atoms with Crippen LogP contribution >= 0.6 is 0 Å². The van der Waals surface area contributed by atoms with Gasteiger partial charge in [-0.1, -0.05) is 30.3 Å². The predicted octanol–water partition coefficient (Wildman–Crippen LogP) is 3.51. The Kier molecular flexibility index (Phi) is 4.61. The molecule has 128 valence electrons. The fourth-order valence-corrected chi connectivity index (χ4v) is 3.76. The van der Waals surface area contributed by atoms with Crippen molar-refractivity contribution >= 4 is 27.6 Å². The summed E-state index contributed by atoms with van der Waals surface area (Å²) in [6.07, 6.45) is 5.26. The van der Waals surface area contributed by atoms with Crippen LogP contribution in [0.3, 0.4) is 0 Å². The monoisotopic (exact) mass is 333 g/mol. The molecule has 3 aromatic rings. The normalized spacial score (nSPS) is 17.7. The molecule has 25 heavy (non-hydrogen) atoms. The van der Waals surface area contributed by atoms with Gasteiger partial charge in [0.15, 0.2) is 0 Å². The average Bonchev–Trinajstić information content (AvgIpc) is 2.68. The Morgan fingerprint density at radius 2 is 2.08 bits per heavy atom. The van der Waals surface area contributed by atoms with Gasteiger partial charge in [-0.25, -0.2) is 0 Å². The topological polar surface area (TPSA) is 54.0 Å². The Hall–Kier alpha value is -2.46. The molecule has 1 atom stereocenters. The van der Waals surface area contributed by atoms with E-state index in [4.69, 9.17) is 0 Å². The molecule has 1 amide bonds. The molecule has 4 nitrogen and oxygen atoms in total. The quantitative estimate of drug-likeness (QED) is 0.719. The van der Waals surface area contributed by atoms with Crippen LogP contribution in [0.4, 0.5) is 0 Å². The number of hydrogen-bond donors (Lipinski definition) is 2. The molecule has 1 aliphatic heterocycles. The molecule has 1 aromatic heterocycles. The first-order valence-corrected chi connectivity index (χ1v) is 9.08. The molecule has 0 aliphatic carbocycles. The summed E-state index contributed by atoms with van der Waals surface area (Å²) in [6, 6.07) is 14.1. The average molecular weight is 333 g/mol. The van der Waals surface area contributed by atoms with E-state index >= 15 is 0 Å². The van der Waals surface area contributed by atoms with Gasteiger partial charge in [-0.05, 0) is 61.2 Å². The lowest BCUT2D eigenvalue weighted by atomic mass is 9.96. The standard InChI is InChI=1S/C21H23N3O/c25-21(24-12-9-15-5-3-10-22-14-15)19-13-16-6-1-2-7-17(16)18-8-4-11-23-20(18)19/h1-2,4,6-8,11,13,15,22H,3,5,9-10,12,14H2,(H,24,25). The Labute approximate surface area is 147 Å².